The summed E-state index contributed by atoms with van der Waals surface area (Å²) in [6.07, 6.45) is 6.28. The topological polar surface area (TPSA) is 62.3 Å². The number of likely N-dealkylation sites (tertiary alicyclic amines) is 1. The second-order valence-corrected chi connectivity index (χ2v) is 4.57. The van der Waals surface area contributed by atoms with Gasteiger partial charge in [-0.15, -0.1) is 0 Å². The third-order valence-electron chi connectivity index (χ3n) is 2.96. The van der Waals surface area contributed by atoms with Crippen molar-refractivity contribution < 1.29 is 9.59 Å². The van der Waals surface area contributed by atoms with Gasteiger partial charge in [0.15, 0.2) is 0 Å². The zero-order valence-corrected chi connectivity index (χ0v) is 10.9. The normalized spacial score (nSPS) is 14.9. The first-order valence-electron chi connectivity index (χ1n) is 6.36. The summed E-state index contributed by atoms with van der Waals surface area (Å²) in [6.45, 7) is 3.48. The summed E-state index contributed by atoms with van der Waals surface area (Å²) in [6, 6.07) is 3.62. The fourth-order valence-corrected chi connectivity index (χ4v) is 1.96. The van der Waals surface area contributed by atoms with Gasteiger partial charge in [0.25, 0.3) is 0 Å². The molecular weight excluding hydrogens is 242 g/mol. The summed E-state index contributed by atoms with van der Waals surface area (Å²) in [5, 5.41) is 2.62. The molecule has 1 aromatic rings. The number of aryl methyl sites for hydroxylation is 1. The van der Waals surface area contributed by atoms with E-state index in [4.69, 9.17) is 0 Å². The van der Waals surface area contributed by atoms with E-state index in [2.05, 4.69) is 10.3 Å². The van der Waals surface area contributed by atoms with Gasteiger partial charge in [0.05, 0.1) is 0 Å². The van der Waals surface area contributed by atoms with E-state index in [1.165, 1.54) is 12.2 Å². The summed E-state index contributed by atoms with van der Waals surface area (Å²) in [4.78, 5) is 29.1. The lowest BCUT2D eigenvalue weighted by Gasteiger charge is -2.11. The van der Waals surface area contributed by atoms with Gasteiger partial charge in [-0.25, -0.2) is 4.98 Å². The second kappa shape index (κ2) is 6.13. The molecule has 100 valence electrons. The Morgan fingerprint density at radius 3 is 2.74 bits per heavy atom. The molecule has 1 N–H and O–H groups in total. The Kier molecular flexibility index (Phi) is 4.28. The third-order valence-corrected chi connectivity index (χ3v) is 2.96. The molecule has 1 aromatic heterocycles. The number of carbonyl (C=O) groups is 2. The van der Waals surface area contributed by atoms with Crippen LogP contribution in [-0.4, -0.2) is 34.8 Å². The Morgan fingerprint density at radius 1 is 1.32 bits per heavy atom. The van der Waals surface area contributed by atoms with E-state index in [1.54, 1.807) is 17.2 Å². The van der Waals surface area contributed by atoms with Crippen molar-refractivity contribution in [3.63, 3.8) is 0 Å². The molecule has 2 rings (SSSR count). The van der Waals surface area contributed by atoms with Gasteiger partial charge in [0, 0.05) is 31.4 Å². The summed E-state index contributed by atoms with van der Waals surface area (Å²) in [5.41, 5.74) is 1.02. The van der Waals surface area contributed by atoms with Crippen molar-refractivity contribution in [2.75, 3.05) is 18.4 Å². The Balaban J connectivity index is 1.88. The van der Waals surface area contributed by atoms with Crippen molar-refractivity contribution >= 4 is 17.6 Å². The van der Waals surface area contributed by atoms with E-state index in [0.29, 0.717) is 5.82 Å². The first-order valence-corrected chi connectivity index (χ1v) is 6.36. The molecule has 0 radical (unpaired) electrons. The number of amides is 2. The van der Waals surface area contributed by atoms with E-state index in [0.717, 1.165) is 31.5 Å². The maximum Gasteiger partial charge on any atom is 0.249 e. The molecule has 0 atom stereocenters. The first kappa shape index (κ1) is 13.3. The van der Waals surface area contributed by atoms with Crippen LogP contribution in [-0.2, 0) is 9.59 Å². The first-order chi connectivity index (χ1) is 9.15. The number of pyridine rings is 1. The molecule has 0 saturated carbocycles. The smallest absolute Gasteiger partial charge is 0.249 e. The maximum atomic E-state index is 11.7. The molecule has 2 amide bonds. The molecule has 1 aliphatic heterocycles. The minimum Gasteiger partial charge on any atom is -0.339 e. The number of nitrogens with zero attached hydrogens (tertiary/aromatic N) is 2. The highest BCUT2D eigenvalue weighted by Crippen LogP contribution is 2.08. The minimum atomic E-state index is -0.342. The third kappa shape index (κ3) is 3.91. The molecule has 0 unspecified atom stereocenters. The number of carbonyl (C=O) groups excluding carboxylic acids is 2. The van der Waals surface area contributed by atoms with Gasteiger partial charge in [0.1, 0.15) is 5.82 Å². The number of aromatic nitrogens is 1. The van der Waals surface area contributed by atoms with Crippen LogP contribution in [0, 0.1) is 6.92 Å². The SMILES string of the molecule is Cc1ccnc(NC(=O)C=CC(=O)N2CCCC2)c1. The Hall–Kier alpha value is -2.17. The molecule has 0 aliphatic carbocycles. The molecule has 1 saturated heterocycles. The predicted octanol–water partition coefficient (Wildman–Crippen LogP) is 1.51. The van der Waals surface area contributed by atoms with Crippen molar-refractivity contribution in [2.24, 2.45) is 0 Å². The molecule has 1 fully saturated rings. The second-order valence-electron chi connectivity index (χ2n) is 4.57. The van der Waals surface area contributed by atoms with Gasteiger partial charge >= 0.3 is 0 Å². The van der Waals surface area contributed by atoms with E-state index in [1.807, 2.05) is 13.0 Å². The van der Waals surface area contributed by atoms with Gasteiger partial charge < -0.3 is 10.2 Å². The summed E-state index contributed by atoms with van der Waals surface area (Å²) in [7, 11) is 0. The van der Waals surface area contributed by atoms with Crippen molar-refractivity contribution in [1.29, 1.82) is 0 Å². The van der Waals surface area contributed by atoms with Gasteiger partial charge in [0.2, 0.25) is 11.8 Å². The van der Waals surface area contributed by atoms with Gasteiger partial charge in [-0.3, -0.25) is 9.59 Å². The van der Waals surface area contributed by atoms with E-state index in [9.17, 15) is 9.59 Å². The molecule has 5 nitrogen and oxygen atoms in total. The lowest BCUT2D eigenvalue weighted by Crippen LogP contribution is -2.26. The zero-order valence-electron chi connectivity index (χ0n) is 10.9. The van der Waals surface area contributed by atoms with Crippen LogP contribution < -0.4 is 5.32 Å². The van der Waals surface area contributed by atoms with Crippen LogP contribution in [0.5, 0.6) is 0 Å². The van der Waals surface area contributed by atoms with Crippen molar-refractivity contribution in [3.05, 3.63) is 36.0 Å². The van der Waals surface area contributed by atoms with E-state index < -0.39 is 0 Å². The highest BCUT2D eigenvalue weighted by atomic mass is 16.2. The fourth-order valence-electron chi connectivity index (χ4n) is 1.96. The van der Waals surface area contributed by atoms with Crippen molar-refractivity contribution in [3.8, 4) is 0 Å². The Bertz CT molecular complexity index is 505. The van der Waals surface area contributed by atoms with Crippen molar-refractivity contribution in [2.45, 2.75) is 19.8 Å². The van der Waals surface area contributed by atoms with E-state index in [-0.39, 0.29) is 11.8 Å². The largest absolute Gasteiger partial charge is 0.339 e. The lowest BCUT2D eigenvalue weighted by molar-refractivity contribution is -0.125. The summed E-state index contributed by atoms with van der Waals surface area (Å²) < 4.78 is 0. The number of nitrogens with one attached hydrogen (secondary N) is 1. The average molecular weight is 259 g/mol. The van der Waals surface area contributed by atoms with Crippen LogP contribution in [0.15, 0.2) is 30.5 Å². The highest BCUT2D eigenvalue weighted by Gasteiger charge is 2.15. The molecule has 0 bridgehead atoms. The van der Waals surface area contributed by atoms with Gasteiger partial charge in [-0.2, -0.15) is 0 Å². The zero-order chi connectivity index (χ0) is 13.7. The quantitative estimate of drug-likeness (QED) is 0.837. The van der Waals surface area contributed by atoms with Crippen LogP contribution >= 0.6 is 0 Å². The van der Waals surface area contributed by atoms with Crippen LogP contribution in [0.25, 0.3) is 0 Å². The van der Waals surface area contributed by atoms with Gasteiger partial charge in [-0.05, 0) is 37.5 Å². The molecule has 1 aliphatic rings. The maximum absolute atomic E-state index is 11.7. The fraction of sp³-hybridized carbons (Fsp3) is 0.357. The Morgan fingerprint density at radius 2 is 2.05 bits per heavy atom. The molecule has 19 heavy (non-hydrogen) atoms. The predicted molar refractivity (Wildman–Crippen MR) is 72.6 cm³/mol. The summed E-state index contributed by atoms with van der Waals surface area (Å²) in [5.74, 6) is 0.0405. The van der Waals surface area contributed by atoms with Crippen LogP contribution in [0.2, 0.25) is 0 Å². The number of hydrogen-bond acceptors (Lipinski definition) is 3. The van der Waals surface area contributed by atoms with Gasteiger partial charge in [-0.1, -0.05) is 0 Å². The number of anilines is 1. The molecule has 5 heteroatoms. The standard InChI is InChI=1S/C14H17N3O2/c1-11-6-7-15-12(10-11)16-13(18)4-5-14(19)17-8-2-3-9-17/h4-7,10H,2-3,8-9H2,1H3,(H,15,16,18). The molecule has 0 aromatic carbocycles. The number of hydrogen-bond donors (Lipinski definition) is 1. The Labute approximate surface area is 112 Å². The van der Waals surface area contributed by atoms with Crippen molar-refractivity contribution in [1.82, 2.24) is 9.88 Å². The van der Waals surface area contributed by atoms with E-state index >= 15 is 0 Å². The highest BCUT2D eigenvalue weighted by molar-refractivity contribution is 6.03. The molecule has 2 heterocycles. The molecular formula is C14H17N3O2. The van der Waals surface area contributed by atoms with Crippen LogP contribution in [0.4, 0.5) is 5.82 Å². The lowest BCUT2D eigenvalue weighted by atomic mass is 10.3. The van der Waals surface area contributed by atoms with Crippen LogP contribution in [0.3, 0.4) is 0 Å². The number of rotatable bonds is 3. The monoisotopic (exact) mass is 259 g/mol. The van der Waals surface area contributed by atoms with Crippen LogP contribution in [0.1, 0.15) is 18.4 Å². The minimum absolute atomic E-state index is 0.107. The average Bonchev–Trinajstić information content (AvgIpc) is 2.90. The summed E-state index contributed by atoms with van der Waals surface area (Å²) >= 11 is 0. The molecule has 0 spiro atoms.